The van der Waals surface area contributed by atoms with E-state index in [1.54, 1.807) is 0 Å². The van der Waals surface area contributed by atoms with Crippen molar-refractivity contribution in [2.75, 3.05) is 0 Å². The first-order chi connectivity index (χ1) is 10.8. The number of thiazole rings is 1. The zero-order valence-electron chi connectivity index (χ0n) is 11.9. The van der Waals surface area contributed by atoms with Crippen LogP contribution >= 0.6 is 11.3 Å². The number of hydrogen-bond acceptors (Lipinski definition) is 3. The quantitative estimate of drug-likeness (QED) is 0.802. The van der Waals surface area contributed by atoms with Crippen LogP contribution in [-0.4, -0.2) is 21.5 Å². The van der Waals surface area contributed by atoms with E-state index in [-0.39, 0.29) is 5.91 Å². The summed E-state index contributed by atoms with van der Waals surface area (Å²) >= 11 is 1.43. The minimum Gasteiger partial charge on any atom is -0.349 e. The van der Waals surface area contributed by atoms with Gasteiger partial charge in [0, 0.05) is 24.0 Å². The Bertz CT molecular complexity index is 789. The summed E-state index contributed by atoms with van der Waals surface area (Å²) in [6.45, 7) is 0. The molecule has 0 radical (unpaired) electrons. The smallest absolute Gasteiger partial charge is 0.263 e. The average molecular weight is 309 g/mol. The number of rotatable bonds is 4. The lowest BCUT2D eigenvalue weighted by Crippen LogP contribution is -2.24. The molecule has 1 fully saturated rings. The molecular weight excluding hydrogens is 294 g/mol. The van der Waals surface area contributed by atoms with Crippen LogP contribution in [0.2, 0.25) is 0 Å². The molecule has 1 saturated carbocycles. The molecule has 1 aliphatic rings. The van der Waals surface area contributed by atoms with Crippen LogP contribution in [0.4, 0.5) is 0 Å². The molecule has 0 atom stereocenters. The van der Waals surface area contributed by atoms with Crippen LogP contribution in [0.5, 0.6) is 0 Å². The van der Waals surface area contributed by atoms with Gasteiger partial charge in [-0.15, -0.1) is 0 Å². The summed E-state index contributed by atoms with van der Waals surface area (Å²) in [6, 6.07) is 14.1. The second-order valence-corrected chi connectivity index (χ2v) is 6.36. The molecule has 0 spiro atoms. The van der Waals surface area contributed by atoms with E-state index in [1.165, 1.54) is 11.3 Å². The lowest BCUT2D eigenvalue weighted by molar-refractivity contribution is 0.0955. The van der Waals surface area contributed by atoms with Crippen molar-refractivity contribution in [1.82, 2.24) is 14.9 Å². The molecule has 2 heterocycles. The maximum Gasteiger partial charge on any atom is 0.263 e. The van der Waals surface area contributed by atoms with E-state index in [1.807, 2.05) is 59.4 Å². The van der Waals surface area contributed by atoms with Crippen molar-refractivity contribution >= 4 is 17.2 Å². The first kappa shape index (κ1) is 13.3. The summed E-state index contributed by atoms with van der Waals surface area (Å²) in [5.41, 5.74) is 1.73. The summed E-state index contributed by atoms with van der Waals surface area (Å²) < 4.78 is 1.94. The zero-order valence-corrected chi connectivity index (χ0v) is 12.7. The second-order valence-electron chi connectivity index (χ2n) is 5.38. The summed E-state index contributed by atoms with van der Waals surface area (Å²) in [7, 11) is 0. The van der Waals surface area contributed by atoms with Crippen LogP contribution in [0.3, 0.4) is 0 Å². The lowest BCUT2D eigenvalue weighted by atomic mass is 10.1. The van der Waals surface area contributed by atoms with E-state index in [2.05, 4.69) is 5.32 Å². The van der Waals surface area contributed by atoms with Crippen molar-refractivity contribution in [2.45, 2.75) is 18.9 Å². The Morgan fingerprint density at radius 1 is 1.14 bits per heavy atom. The van der Waals surface area contributed by atoms with Gasteiger partial charge in [0.25, 0.3) is 5.91 Å². The van der Waals surface area contributed by atoms with Gasteiger partial charge in [-0.3, -0.25) is 4.79 Å². The molecule has 4 rings (SSSR count). The maximum atomic E-state index is 12.5. The van der Waals surface area contributed by atoms with Crippen LogP contribution in [0.25, 0.3) is 16.4 Å². The summed E-state index contributed by atoms with van der Waals surface area (Å²) in [6.07, 6.45) is 6.04. The van der Waals surface area contributed by atoms with Crippen LogP contribution < -0.4 is 5.32 Å². The predicted octanol–water partition coefficient (Wildman–Crippen LogP) is 3.49. The number of carbonyl (C=O) groups is 1. The molecular formula is C17H15N3OS. The number of carbonyl (C=O) groups excluding carboxylic acids is 1. The van der Waals surface area contributed by atoms with Crippen molar-refractivity contribution in [3.05, 3.63) is 59.7 Å². The fourth-order valence-corrected chi connectivity index (χ4v) is 3.26. The van der Waals surface area contributed by atoms with Crippen LogP contribution in [0, 0.1) is 0 Å². The molecule has 1 aliphatic carbocycles. The first-order valence-corrected chi connectivity index (χ1v) is 8.13. The number of benzene rings is 1. The zero-order chi connectivity index (χ0) is 14.9. The number of nitrogens with one attached hydrogen (secondary N) is 1. The number of hydrogen-bond donors (Lipinski definition) is 1. The molecule has 0 unspecified atom stereocenters. The van der Waals surface area contributed by atoms with Crippen molar-refractivity contribution < 1.29 is 4.79 Å². The van der Waals surface area contributed by atoms with E-state index in [4.69, 9.17) is 4.98 Å². The van der Waals surface area contributed by atoms with E-state index >= 15 is 0 Å². The summed E-state index contributed by atoms with van der Waals surface area (Å²) in [4.78, 5) is 17.9. The highest BCUT2D eigenvalue weighted by Gasteiger charge is 2.27. The van der Waals surface area contributed by atoms with Gasteiger partial charge in [-0.05, 0) is 25.0 Å². The Labute approximate surface area is 132 Å². The summed E-state index contributed by atoms with van der Waals surface area (Å²) in [5.74, 6) is -0.0164. The second kappa shape index (κ2) is 5.42. The number of nitrogens with zero attached hydrogens (tertiary/aromatic N) is 2. The van der Waals surface area contributed by atoms with E-state index < -0.39 is 0 Å². The Morgan fingerprint density at radius 3 is 2.55 bits per heavy atom. The van der Waals surface area contributed by atoms with Gasteiger partial charge < -0.3 is 9.88 Å². The molecule has 3 aromatic rings. The number of amides is 1. The standard InChI is InChI=1S/C17H15N3OS/c21-16(18-13-8-9-13)15-14(12-6-2-1-3-7-12)19-17(22-15)20-10-4-5-11-20/h1-7,10-11,13H,8-9H2,(H,18,21). The Balaban J connectivity index is 1.78. The van der Waals surface area contributed by atoms with Gasteiger partial charge in [-0.25, -0.2) is 4.98 Å². The molecule has 0 saturated heterocycles. The van der Waals surface area contributed by atoms with Gasteiger partial charge in [-0.2, -0.15) is 0 Å². The molecule has 1 aromatic carbocycles. The highest BCUT2D eigenvalue weighted by molar-refractivity contribution is 7.16. The molecule has 2 aromatic heterocycles. The third kappa shape index (κ3) is 2.55. The molecule has 0 bridgehead atoms. The highest BCUT2D eigenvalue weighted by atomic mass is 32.1. The largest absolute Gasteiger partial charge is 0.349 e. The SMILES string of the molecule is O=C(NC1CC1)c1sc(-n2cccc2)nc1-c1ccccc1. The van der Waals surface area contributed by atoms with Gasteiger partial charge in [0.05, 0.1) is 5.69 Å². The van der Waals surface area contributed by atoms with Gasteiger partial charge in [0.2, 0.25) is 0 Å². The third-order valence-electron chi connectivity index (χ3n) is 3.61. The molecule has 22 heavy (non-hydrogen) atoms. The lowest BCUT2D eigenvalue weighted by Gasteiger charge is -2.03. The highest BCUT2D eigenvalue weighted by Crippen LogP contribution is 2.31. The fraction of sp³-hybridized carbons (Fsp3) is 0.176. The monoisotopic (exact) mass is 309 g/mol. The van der Waals surface area contributed by atoms with Crippen molar-refractivity contribution in [3.63, 3.8) is 0 Å². The van der Waals surface area contributed by atoms with E-state index in [0.717, 1.165) is 29.2 Å². The van der Waals surface area contributed by atoms with E-state index in [9.17, 15) is 4.79 Å². The normalized spacial score (nSPS) is 14.0. The number of aromatic nitrogens is 2. The Hall–Kier alpha value is -2.40. The molecule has 0 aliphatic heterocycles. The van der Waals surface area contributed by atoms with Crippen LogP contribution in [0.1, 0.15) is 22.5 Å². The molecule has 4 nitrogen and oxygen atoms in total. The maximum absolute atomic E-state index is 12.5. The topological polar surface area (TPSA) is 46.9 Å². The van der Waals surface area contributed by atoms with Gasteiger partial charge in [0.15, 0.2) is 5.13 Å². The Morgan fingerprint density at radius 2 is 1.86 bits per heavy atom. The molecule has 1 amide bonds. The summed E-state index contributed by atoms with van der Waals surface area (Å²) in [5, 5.41) is 3.87. The fourth-order valence-electron chi connectivity index (χ4n) is 2.31. The molecule has 5 heteroatoms. The minimum atomic E-state index is -0.0164. The predicted molar refractivity (Wildman–Crippen MR) is 87.4 cm³/mol. The van der Waals surface area contributed by atoms with Gasteiger partial charge in [0.1, 0.15) is 4.88 Å². The van der Waals surface area contributed by atoms with Crippen molar-refractivity contribution in [3.8, 4) is 16.4 Å². The van der Waals surface area contributed by atoms with Crippen molar-refractivity contribution in [1.29, 1.82) is 0 Å². The van der Waals surface area contributed by atoms with Crippen molar-refractivity contribution in [2.24, 2.45) is 0 Å². The third-order valence-corrected chi connectivity index (χ3v) is 4.67. The van der Waals surface area contributed by atoms with Crippen LogP contribution in [-0.2, 0) is 0 Å². The van der Waals surface area contributed by atoms with Crippen LogP contribution in [0.15, 0.2) is 54.9 Å². The first-order valence-electron chi connectivity index (χ1n) is 7.32. The Kier molecular flexibility index (Phi) is 3.27. The average Bonchev–Trinajstić information content (AvgIpc) is 3.06. The minimum absolute atomic E-state index is 0.0164. The molecule has 1 N–H and O–H groups in total. The van der Waals surface area contributed by atoms with Gasteiger partial charge in [-0.1, -0.05) is 41.7 Å². The van der Waals surface area contributed by atoms with E-state index in [0.29, 0.717) is 10.9 Å². The van der Waals surface area contributed by atoms with Gasteiger partial charge >= 0.3 is 0 Å². The molecule has 110 valence electrons.